The zero-order valence-electron chi connectivity index (χ0n) is 28.0. The third-order valence-corrected chi connectivity index (χ3v) is 9.93. The lowest BCUT2D eigenvalue weighted by Gasteiger charge is -2.12. The van der Waals surface area contributed by atoms with Crippen LogP contribution in [0.15, 0.2) is 176 Å². The Morgan fingerprint density at radius 3 is 1.77 bits per heavy atom. The second kappa shape index (κ2) is 11.9. The molecule has 5 nitrogen and oxygen atoms in total. The van der Waals surface area contributed by atoms with Crippen molar-refractivity contribution >= 4 is 43.6 Å². The molecule has 0 spiro atoms. The van der Waals surface area contributed by atoms with Crippen molar-refractivity contribution in [2.24, 2.45) is 0 Å². The van der Waals surface area contributed by atoms with E-state index in [9.17, 15) is 5.26 Å². The van der Waals surface area contributed by atoms with Gasteiger partial charge in [0.05, 0.1) is 45.1 Å². The minimum absolute atomic E-state index is 0.590. The Labute approximate surface area is 299 Å². The average molecular weight is 664 g/mol. The van der Waals surface area contributed by atoms with E-state index >= 15 is 0 Å². The van der Waals surface area contributed by atoms with Gasteiger partial charge in [0.2, 0.25) is 0 Å². The summed E-state index contributed by atoms with van der Waals surface area (Å²) in [6.45, 7) is 0. The maximum Gasteiger partial charge on any atom is 0.160 e. The van der Waals surface area contributed by atoms with E-state index < -0.39 is 0 Å². The summed E-state index contributed by atoms with van der Waals surface area (Å²) in [6.07, 6.45) is 0. The molecule has 10 rings (SSSR count). The van der Waals surface area contributed by atoms with Gasteiger partial charge in [-0.3, -0.25) is 0 Å². The molecule has 0 radical (unpaired) electrons. The molecule has 0 unspecified atom stereocenters. The van der Waals surface area contributed by atoms with Crippen LogP contribution in [0.25, 0.3) is 88.9 Å². The summed E-state index contributed by atoms with van der Waals surface area (Å²) in [4.78, 5) is 10.1. The normalized spacial score (nSPS) is 11.4. The molecule has 0 aliphatic heterocycles. The average Bonchev–Trinajstić information content (AvgIpc) is 3.74. The first-order chi connectivity index (χ1) is 25.7. The van der Waals surface area contributed by atoms with Crippen LogP contribution in [0.2, 0.25) is 0 Å². The van der Waals surface area contributed by atoms with Crippen LogP contribution in [-0.2, 0) is 0 Å². The summed E-state index contributed by atoms with van der Waals surface area (Å²) in [5, 5.41) is 14.5. The Balaban J connectivity index is 1.22. The van der Waals surface area contributed by atoms with Gasteiger partial charge in [-0.1, -0.05) is 115 Å². The number of hydrogen-bond donors (Lipinski definition) is 0. The topological polar surface area (TPSA) is 59.4 Å². The van der Waals surface area contributed by atoms with Gasteiger partial charge in [-0.25, -0.2) is 9.97 Å². The molecule has 0 N–H and O–H groups in total. The number of nitrogens with zero attached hydrogens (tertiary/aromatic N) is 5. The number of nitriles is 1. The van der Waals surface area contributed by atoms with Gasteiger partial charge in [0.15, 0.2) is 5.82 Å². The van der Waals surface area contributed by atoms with Crippen molar-refractivity contribution in [2.45, 2.75) is 0 Å². The smallest absolute Gasteiger partial charge is 0.160 e. The van der Waals surface area contributed by atoms with Crippen LogP contribution in [-0.4, -0.2) is 19.1 Å². The molecule has 0 aliphatic carbocycles. The zero-order chi connectivity index (χ0) is 34.6. The summed E-state index contributed by atoms with van der Waals surface area (Å²) in [6, 6.07) is 63.1. The van der Waals surface area contributed by atoms with Crippen LogP contribution in [0.1, 0.15) is 5.56 Å². The van der Waals surface area contributed by atoms with Gasteiger partial charge in [0, 0.05) is 49.6 Å². The van der Waals surface area contributed by atoms with Crippen molar-refractivity contribution in [3.8, 4) is 51.3 Å². The van der Waals surface area contributed by atoms with E-state index in [1.54, 1.807) is 0 Å². The molecule has 52 heavy (non-hydrogen) atoms. The van der Waals surface area contributed by atoms with Crippen LogP contribution >= 0.6 is 0 Å². The molecule has 0 atom stereocenters. The van der Waals surface area contributed by atoms with E-state index in [1.807, 2.05) is 60.7 Å². The van der Waals surface area contributed by atoms with Crippen LogP contribution in [0.4, 0.5) is 0 Å². The van der Waals surface area contributed by atoms with E-state index in [4.69, 9.17) is 9.97 Å². The van der Waals surface area contributed by atoms with Crippen LogP contribution in [0, 0.1) is 11.3 Å². The van der Waals surface area contributed by atoms with Crippen LogP contribution in [0.3, 0.4) is 0 Å². The highest BCUT2D eigenvalue weighted by molar-refractivity contribution is 6.26. The van der Waals surface area contributed by atoms with E-state index in [2.05, 4.69) is 130 Å². The molecule has 0 aliphatic rings. The molecular weight excluding hydrogens is 635 g/mol. The lowest BCUT2D eigenvalue weighted by Crippen LogP contribution is -1.98. The van der Waals surface area contributed by atoms with Crippen molar-refractivity contribution < 1.29 is 0 Å². The molecule has 0 saturated carbocycles. The Kier molecular flexibility index (Phi) is 6.80. The molecule has 0 fully saturated rings. The molecule has 0 amide bonds. The van der Waals surface area contributed by atoms with Gasteiger partial charge in [-0.2, -0.15) is 5.26 Å². The van der Waals surface area contributed by atoms with Crippen molar-refractivity contribution in [3.05, 3.63) is 181 Å². The number of para-hydroxylation sites is 3. The van der Waals surface area contributed by atoms with E-state index in [0.29, 0.717) is 11.4 Å². The molecule has 0 bridgehead atoms. The van der Waals surface area contributed by atoms with E-state index in [-0.39, 0.29) is 0 Å². The number of rotatable bonds is 5. The molecule has 5 heteroatoms. The highest BCUT2D eigenvalue weighted by Crippen LogP contribution is 2.42. The number of hydrogen-bond acceptors (Lipinski definition) is 3. The van der Waals surface area contributed by atoms with Gasteiger partial charge in [0.25, 0.3) is 0 Å². The van der Waals surface area contributed by atoms with Crippen molar-refractivity contribution in [3.63, 3.8) is 0 Å². The third kappa shape index (κ3) is 4.70. The summed E-state index contributed by atoms with van der Waals surface area (Å²) >= 11 is 0. The fourth-order valence-corrected chi connectivity index (χ4v) is 7.64. The highest BCUT2D eigenvalue weighted by atomic mass is 15.0. The van der Waals surface area contributed by atoms with Gasteiger partial charge in [0.1, 0.15) is 0 Å². The van der Waals surface area contributed by atoms with Crippen LogP contribution < -0.4 is 0 Å². The maximum absolute atomic E-state index is 9.63. The first kappa shape index (κ1) is 29.6. The number of aromatic nitrogens is 4. The SMILES string of the molecule is N#Cc1cccc(-c2cc(-c3cccc(-n4c5ccccc5c5c4ccc4c6ccccc6n(-c6ccccc6)c45)c3)nc(-c3ccccc3)n2)c1. The summed E-state index contributed by atoms with van der Waals surface area (Å²) in [5.41, 5.74) is 11.8. The number of benzene rings is 7. The second-order valence-corrected chi connectivity index (χ2v) is 13.0. The lowest BCUT2D eigenvalue weighted by atomic mass is 10.0. The second-order valence-electron chi connectivity index (χ2n) is 13.0. The Morgan fingerprint density at radius 2 is 1.02 bits per heavy atom. The van der Waals surface area contributed by atoms with Gasteiger partial charge >= 0.3 is 0 Å². The van der Waals surface area contributed by atoms with Crippen LogP contribution in [0.5, 0.6) is 0 Å². The lowest BCUT2D eigenvalue weighted by molar-refractivity contribution is 1.16. The fourth-order valence-electron chi connectivity index (χ4n) is 7.64. The largest absolute Gasteiger partial charge is 0.309 e. The molecule has 3 aromatic heterocycles. The maximum atomic E-state index is 9.63. The fraction of sp³-hybridized carbons (Fsp3) is 0. The summed E-state index contributed by atoms with van der Waals surface area (Å²) in [7, 11) is 0. The van der Waals surface area contributed by atoms with Crippen molar-refractivity contribution in [1.29, 1.82) is 5.26 Å². The minimum Gasteiger partial charge on any atom is -0.309 e. The molecule has 0 saturated heterocycles. The summed E-state index contributed by atoms with van der Waals surface area (Å²) < 4.78 is 4.78. The molecule has 10 aromatic rings. The third-order valence-electron chi connectivity index (χ3n) is 9.93. The summed E-state index contributed by atoms with van der Waals surface area (Å²) in [5.74, 6) is 0.633. The minimum atomic E-state index is 0.590. The first-order valence-electron chi connectivity index (χ1n) is 17.3. The standard InChI is InChI=1S/C47H29N5/c48-30-31-13-11-16-33(27-31)40-29-41(50-47(49-40)32-14-3-1-4-15-32)34-17-12-20-36(28-34)51-43-24-10-8-22-39(43)45-44(51)26-25-38-37-21-7-9-23-42(37)52(46(38)45)35-18-5-2-6-19-35/h1-29H. The molecular formula is C47H29N5. The Hall–Kier alpha value is -7.29. The first-order valence-corrected chi connectivity index (χ1v) is 17.3. The Bertz CT molecular complexity index is 3020. The quantitative estimate of drug-likeness (QED) is 0.184. The Morgan fingerprint density at radius 1 is 0.423 bits per heavy atom. The number of fused-ring (bicyclic) bond motifs is 7. The van der Waals surface area contributed by atoms with E-state index in [1.165, 1.54) is 32.6 Å². The van der Waals surface area contributed by atoms with Crippen molar-refractivity contribution in [2.75, 3.05) is 0 Å². The monoisotopic (exact) mass is 663 g/mol. The highest BCUT2D eigenvalue weighted by Gasteiger charge is 2.21. The van der Waals surface area contributed by atoms with Crippen molar-refractivity contribution in [1.82, 2.24) is 19.1 Å². The molecule has 242 valence electrons. The predicted octanol–water partition coefficient (Wildman–Crippen LogP) is 11.5. The zero-order valence-corrected chi connectivity index (χ0v) is 28.0. The van der Waals surface area contributed by atoms with Gasteiger partial charge < -0.3 is 9.13 Å². The van der Waals surface area contributed by atoms with Gasteiger partial charge in [-0.15, -0.1) is 0 Å². The van der Waals surface area contributed by atoms with E-state index in [0.717, 1.165) is 50.5 Å². The predicted molar refractivity (Wildman–Crippen MR) is 212 cm³/mol. The molecule has 3 heterocycles. The van der Waals surface area contributed by atoms with Gasteiger partial charge in [-0.05, 0) is 60.7 Å². The molecule has 7 aromatic carbocycles.